The second-order valence-electron chi connectivity index (χ2n) is 6.34. The SMILES string of the molecule is Cc1nnc(COc2cccc3c2CN(C2CCC(=O)NC2=O)C3O)o1. The molecular weight excluding hydrogens is 340 g/mol. The third-order valence-electron chi connectivity index (χ3n) is 4.63. The standard InChI is InChI=1S/C17H18N4O5/c1-9-19-20-15(26-9)8-25-13-4-2-3-10-11(13)7-21(17(10)24)12-5-6-14(22)18-16(12)23/h2-4,12,17,24H,5-8H2,1H3,(H,18,22,23). The number of nitrogens with zero attached hydrogens (tertiary/aromatic N) is 3. The van der Waals surface area contributed by atoms with Gasteiger partial charge < -0.3 is 14.3 Å². The molecule has 4 rings (SSSR count). The normalized spacial score (nSPS) is 23.0. The van der Waals surface area contributed by atoms with E-state index in [2.05, 4.69) is 15.5 Å². The van der Waals surface area contributed by atoms with Crippen molar-refractivity contribution < 1.29 is 23.8 Å². The Kier molecular flexibility index (Phi) is 4.17. The molecule has 2 unspecified atom stereocenters. The van der Waals surface area contributed by atoms with Gasteiger partial charge in [-0.3, -0.25) is 19.8 Å². The first-order valence-corrected chi connectivity index (χ1v) is 8.34. The molecule has 2 aromatic rings. The van der Waals surface area contributed by atoms with Gasteiger partial charge in [-0.2, -0.15) is 0 Å². The Labute approximate surface area is 149 Å². The molecule has 1 fully saturated rings. The third-order valence-corrected chi connectivity index (χ3v) is 4.63. The van der Waals surface area contributed by atoms with Crippen LogP contribution >= 0.6 is 0 Å². The van der Waals surface area contributed by atoms with Gasteiger partial charge in [0.05, 0.1) is 6.04 Å². The molecule has 2 aliphatic heterocycles. The Bertz CT molecular complexity index is 865. The highest BCUT2D eigenvalue weighted by molar-refractivity contribution is 6.00. The first kappa shape index (κ1) is 16.7. The monoisotopic (exact) mass is 358 g/mol. The Hall–Kier alpha value is -2.78. The fourth-order valence-corrected chi connectivity index (χ4v) is 3.39. The molecule has 0 bridgehead atoms. The number of fused-ring (bicyclic) bond motifs is 1. The number of imide groups is 1. The van der Waals surface area contributed by atoms with Crippen LogP contribution in [0.2, 0.25) is 0 Å². The molecule has 3 heterocycles. The highest BCUT2D eigenvalue weighted by Gasteiger charge is 2.40. The van der Waals surface area contributed by atoms with Gasteiger partial charge in [-0.05, 0) is 12.5 Å². The van der Waals surface area contributed by atoms with E-state index in [4.69, 9.17) is 9.15 Å². The number of aryl methyl sites for hydroxylation is 1. The maximum absolute atomic E-state index is 12.1. The number of aliphatic hydroxyl groups is 1. The number of amides is 2. The molecule has 136 valence electrons. The smallest absolute Gasteiger partial charge is 0.253 e. The zero-order valence-corrected chi connectivity index (χ0v) is 14.1. The van der Waals surface area contributed by atoms with E-state index in [0.717, 1.165) is 5.56 Å². The highest BCUT2D eigenvalue weighted by Crippen LogP contribution is 2.39. The molecule has 1 aromatic heterocycles. The molecule has 26 heavy (non-hydrogen) atoms. The number of aromatic nitrogens is 2. The van der Waals surface area contributed by atoms with E-state index < -0.39 is 12.3 Å². The van der Waals surface area contributed by atoms with Gasteiger partial charge in [0.15, 0.2) is 6.61 Å². The Balaban J connectivity index is 1.53. The van der Waals surface area contributed by atoms with Crippen molar-refractivity contribution in [1.82, 2.24) is 20.4 Å². The molecule has 1 saturated heterocycles. The predicted molar refractivity (Wildman–Crippen MR) is 86.5 cm³/mol. The molecule has 0 radical (unpaired) electrons. The Morgan fingerprint density at radius 3 is 2.96 bits per heavy atom. The second kappa shape index (κ2) is 6.50. The summed E-state index contributed by atoms with van der Waals surface area (Å²) in [6.45, 7) is 2.17. The Morgan fingerprint density at radius 2 is 2.23 bits per heavy atom. The van der Waals surface area contributed by atoms with Crippen LogP contribution in [0.25, 0.3) is 0 Å². The minimum atomic E-state index is -0.928. The van der Waals surface area contributed by atoms with E-state index in [0.29, 0.717) is 36.1 Å². The van der Waals surface area contributed by atoms with Crippen LogP contribution in [-0.2, 0) is 22.7 Å². The average Bonchev–Trinajstić information content (AvgIpc) is 3.17. The quantitative estimate of drug-likeness (QED) is 0.762. The fraction of sp³-hybridized carbons (Fsp3) is 0.412. The van der Waals surface area contributed by atoms with Crippen molar-refractivity contribution in [3.05, 3.63) is 41.1 Å². The number of ether oxygens (including phenoxy) is 1. The van der Waals surface area contributed by atoms with Crippen molar-refractivity contribution in [2.75, 3.05) is 0 Å². The van der Waals surface area contributed by atoms with E-state index in [-0.39, 0.29) is 24.8 Å². The zero-order chi connectivity index (χ0) is 18.3. The van der Waals surface area contributed by atoms with Gasteiger partial charge in [-0.15, -0.1) is 10.2 Å². The average molecular weight is 358 g/mol. The summed E-state index contributed by atoms with van der Waals surface area (Å²) in [6.07, 6.45) is -0.286. The lowest BCUT2D eigenvalue weighted by atomic mass is 10.0. The number of benzene rings is 1. The summed E-state index contributed by atoms with van der Waals surface area (Å²) in [7, 11) is 0. The number of rotatable bonds is 4. The molecule has 0 spiro atoms. The van der Waals surface area contributed by atoms with Crippen LogP contribution in [-0.4, -0.2) is 38.1 Å². The third kappa shape index (κ3) is 2.95. The van der Waals surface area contributed by atoms with Crippen molar-refractivity contribution >= 4 is 11.8 Å². The largest absolute Gasteiger partial charge is 0.483 e. The van der Waals surface area contributed by atoms with E-state index >= 15 is 0 Å². The van der Waals surface area contributed by atoms with Gasteiger partial charge in [0.2, 0.25) is 17.7 Å². The molecule has 2 amide bonds. The summed E-state index contributed by atoms with van der Waals surface area (Å²) in [4.78, 5) is 25.2. The van der Waals surface area contributed by atoms with E-state index in [9.17, 15) is 14.7 Å². The summed E-state index contributed by atoms with van der Waals surface area (Å²) in [5, 5.41) is 20.6. The van der Waals surface area contributed by atoms with Crippen molar-refractivity contribution in [2.24, 2.45) is 0 Å². The van der Waals surface area contributed by atoms with Gasteiger partial charge in [-0.1, -0.05) is 12.1 Å². The number of piperidine rings is 1. The summed E-state index contributed by atoms with van der Waals surface area (Å²) < 4.78 is 11.1. The van der Waals surface area contributed by atoms with Gasteiger partial charge in [0, 0.05) is 31.0 Å². The molecule has 9 nitrogen and oxygen atoms in total. The van der Waals surface area contributed by atoms with Gasteiger partial charge in [0.1, 0.15) is 12.0 Å². The van der Waals surface area contributed by atoms with Crippen LogP contribution in [0.3, 0.4) is 0 Å². The topological polar surface area (TPSA) is 118 Å². The van der Waals surface area contributed by atoms with Crippen LogP contribution in [0.4, 0.5) is 0 Å². The molecule has 9 heteroatoms. The molecule has 2 N–H and O–H groups in total. The van der Waals surface area contributed by atoms with Crippen molar-refractivity contribution in [3.63, 3.8) is 0 Å². The molecule has 2 aliphatic rings. The predicted octanol–water partition coefficient (Wildman–Crippen LogP) is 0.569. The van der Waals surface area contributed by atoms with Crippen LogP contribution in [0, 0.1) is 6.92 Å². The summed E-state index contributed by atoms with van der Waals surface area (Å²) >= 11 is 0. The Morgan fingerprint density at radius 1 is 1.38 bits per heavy atom. The zero-order valence-electron chi connectivity index (χ0n) is 14.1. The fourth-order valence-electron chi connectivity index (χ4n) is 3.39. The molecule has 0 aliphatic carbocycles. The van der Waals surface area contributed by atoms with Crippen LogP contribution < -0.4 is 10.1 Å². The van der Waals surface area contributed by atoms with Crippen LogP contribution in [0.5, 0.6) is 5.75 Å². The number of aliphatic hydroxyl groups excluding tert-OH is 1. The summed E-state index contributed by atoms with van der Waals surface area (Å²) in [5.74, 6) is 0.752. The lowest BCUT2D eigenvalue weighted by Crippen LogP contribution is -2.51. The van der Waals surface area contributed by atoms with Crippen LogP contribution in [0.15, 0.2) is 22.6 Å². The molecular formula is C17H18N4O5. The van der Waals surface area contributed by atoms with Crippen molar-refractivity contribution in [1.29, 1.82) is 0 Å². The van der Waals surface area contributed by atoms with Gasteiger partial charge in [0.25, 0.3) is 5.89 Å². The van der Waals surface area contributed by atoms with Gasteiger partial charge in [-0.25, -0.2) is 0 Å². The summed E-state index contributed by atoms with van der Waals surface area (Å²) in [5.41, 5.74) is 1.50. The number of carbonyl (C=O) groups excluding carboxylic acids is 2. The van der Waals surface area contributed by atoms with E-state index in [1.54, 1.807) is 30.0 Å². The number of hydrogen-bond acceptors (Lipinski definition) is 8. The lowest BCUT2D eigenvalue weighted by molar-refractivity contribution is -0.141. The van der Waals surface area contributed by atoms with E-state index in [1.807, 2.05) is 0 Å². The van der Waals surface area contributed by atoms with Crippen LogP contribution in [0.1, 0.15) is 42.0 Å². The maximum atomic E-state index is 12.1. The highest BCUT2D eigenvalue weighted by atomic mass is 16.5. The lowest BCUT2D eigenvalue weighted by Gasteiger charge is -2.31. The number of carbonyl (C=O) groups is 2. The second-order valence-corrected chi connectivity index (χ2v) is 6.34. The maximum Gasteiger partial charge on any atom is 0.253 e. The van der Waals surface area contributed by atoms with E-state index in [1.165, 1.54) is 0 Å². The van der Waals surface area contributed by atoms with Crippen molar-refractivity contribution in [2.45, 2.75) is 45.2 Å². The van der Waals surface area contributed by atoms with Gasteiger partial charge >= 0.3 is 0 Å². The molecule has 1 aromatic carbocycles. The van der Waals surface area contributed by atoms with Crippen molar-refractivity contribution in [3.8, 4) is 5.75 Å². The first-order valence-electron chi connectivity index (χ1n) is 8.34. The first-order chi connectivity index (χ1) is 12.5. The molecule has 2 atom stereocenters. The minimum Gasteiger partial charge on any atom is -0.483 e. The molecule has 0 saturated carbocycles. The number of nitrogens with one attached hydrogen (secondary N) is 1. The summed E-state index contributed by atoms with van der Waals surface area (Å²) in [6, 6.07) is 4.82. The number of hydrogen-bond donors (Lipinski definition) is 2. The minimum absolute atomic E-state index is 0.117.